The van der Waals surface area contributed by atoms with Crippen molar-refractivity contribution < 1.29 is 24.2 Å². The molecule has 0 radical (unpaired) electrons. The van der Waals surface area contributed by atoms with E-state index < -0.39 is 17.9 Å². The lowest BCUT2D eigenvalue weighted by Gasteiger charge is -2.13. The number of ether oxygens (including phenoxy) is 1. The van der Waals surface area contributed by atoms with E-state index in [4.69, 9.17) is 4.74 Å². The monoisotopic (exact) mass is 450 g/mol. The molecule has 7 nitrogen and oxygen atoms in total. The summed E-state index contributed by atoms with van der Waals surface area (Å²) in [7, 11) is 0. The summed E-state index contributed by atoms with van der Waals surface area (Å²) >= 11 is 0. The number of H-pyrrole nitrogens is 1. The second-order valence-corrected chi connectivity index (χ2v) is 8.00. The van der Waals surface area contributed by atoms with Crippen LogP contribution in [0.25, 0.3) is 10.8 Å². The summed E-state index contributed by atoms with van der Waals surface area (Å²) in [4.78, 5) is 39.8. The highest BCUT2D eigenvalue weighted by Gasteiger charge is 2.30. The number of aliphatic carboxylic acids is 1. The van der Waals surface area contributed by atoms with E-state index in [-0.39, 0.29) is 29.9 Å². The average Bonchev–Trinajstić information content (AvgIpc) is 3.50. The second-order valence-electron chi connectivity index (χ2n) is 8.00. The van der Waals surface area contributed by atoms with Gasteiger partial charge in [0.25, 0.3) is 0 Å². The van der Waals surface area contributed by atoms with Crippen LogP contribution >= 0.6 is 0 Å². The molecule has 0 aliphatic carbocycles. The minimum absolute atomic E-state index is 0.177. The van der Waals surface area contributed by atoms with E-state index in [2.05, 4.69) is 10.3 Å². The molecule has 33 heavy (non-hydrogen) atoms. The van der Waals surface area contributed by atoms with E-state index in [0.717, 1.165) is 10.8 Å². The summed E-state index contributed by atoms with van der Waals surface area (Å²) in [6, 6.07) is 12.9. The van der Waals surface area contributed by atoms with Crippen molar-refractivity contribution in [3.63, 3.8) is 0 Å². The molecule has 1 aliphatic rings. The van der Waals surface area contributed by atoms with E-state index in [0.29, 0.717) is 11.3 Å². The zero-order valence-electron chi connectivity index (χ0n) is 19.0. The smallest absolute Gasteiger partial charge is 0.340 e. The van der Waals surface area contributed by atoms with E-state index in [1.165, 1.54) is 32.1 Å². The SMILES string of the molecule is C1CCNC1.CCOC(=O)c1c(C(CC(=O)c2ccc3ccccc3c2)C(=O)O)c[nH]c1C. The standard InChI is InChI=1S/C22H21NO5.C4H9N/c1-3-28-22(27)20-13(2)23-12-18(20)17(21(25)26)11-19(24)16-9-8-14-6-4-5-7-15(14)10-16;1-2-4-5-3-1/h4-10,12,17,23H,3,11H2,1-2H3,(H,25,26);5H,1-4H2. The lowest BCUT2D eigenvalue weighted by Crippen LogP contribution is -2.19. The molecule has 0 amide bonds. The largest absolute Gasteiger partial charge is 0.481 e. The summed E-state index contributed by atoms with van der Waals surface area (Å²) < 4.78 is 5.04. The number of fused-ring (bicyclic) bond motifs is 1. The van der Waals surface area contributed by atoms with E-state index in [9.17, 15) is 19.5 Å². The Labute approximate surface area is 193 Å². The predicted octanol–water partition coefficient (Wildman–Crippen LogP) is 4.46. The Balaban J connectivity index is 0.000000541. The molecule has 1 fully saturated rings. The molecule has 3 aromatic rings. The third-order valence-corrected chi connectivity index (χ3v) is 5.68. The van der Waals surface area contributed by atoms with Gasteiger partial charge in [0, 0.05) is 23.9 Å². The first kappa shape index (κ1) is 24.2. The van der Waals surface area contributed by atoms with Crippen LogP contribution in [0.5, 0.6) is 0 Å². The fourth-order valence-electron chi connectivity index (χ4n) is 3.92. The highest BCUT2D eigenvalue weighted by Crippen LogP contribution is 2.29. The topological polar surface area (TPSA) is 108 Å². The minimum atomic E-state index is -1.17. The van der Waals surface area contributed by atoms with E-state index >= 15 is 0 Å². The molecule has 4 rings (SSSR count). The number of esters is 1. The minimum Gasteiger partial charge on any atom is -0.481 e. The van der Waals surface area contributed by atoms with E-state index in [1.54, 1.807) is 26.0 Å². The highest BCUT2D eigenvalue weighted by molar-refractivity contribution is 6.03. The van der Waals surface area contributed by atoms with Crippen LogP contribution in [0.3, 0.4) is 0 Å². The molecule has 0 bridgehead atoms. The Kier molecular flexibility index (Phi) is 8.38. The molecule has 1 aliphatic heterocycles. The van der Waals surface area contributed by atoms with Crippen molar-refractivity contribution >= 4 is 28.5 Å². The maximum Gasteiger partial charge on any atom is 0.340 e. The molecule has 0 spiro atoms. The number of rotatable bonds is 7. The van der Waals surface area contributed by atoms with Crippen molar-refractivity contribution in [2.24, 2.45) is 0 Å². The van der Waals surface area contributed by atoms with Gasteiger partial charge in [0.15, 0.2) is 5.78 Å². The summed E-state index contributed by atoms with van der Waals surface area (Å²) in [5.41, 5.74) is 1.39. The number of aromatic nitrogens is 1. The van der Waals surface area contributed by atoms with Crippen LogP contribution < -0.4 is 5.32 Å². The Morgan fingerprint density at radius 3 is 2.36 bits per heavy atom. The van der Waals surface area contributed by atoms with Crippen molar-refractivity contribution in [2.75, 3.05) is 19.7 Å². The Bertz CT molecular complexity index is 1120. The molecular formula is C26H30N2O5. The van der Waals surface area contributed by atoms with Gasteiger partial charge in [-0.1, -0.05) is 36.4 Å². The first-order chi connectivity index (χ1) is 15.9. The molecule has 2 heterocycles. The number of aryl methyl sites for hydroxylation is 1. The lowest BCUT2D eigenvalue weighted by molar-refractivity contribution is -0.138. The Morgan fingerprint density at radius 2 is 1.76 bits per heavy atom. The molecule has 0 saturated carbocycles. The maximum absolute atomic E-state index is 12.8. The number of benzene rings is 2. The van der Waals surface area contributed by atoms with E-state index in [1.807, 2.05) is 30.3 Å². The number of carboxylic acid groups (broad SMARTS) is 1. The summed E-state index contributed by atoms with van der Waals surface area (Å²) in [5.74, 6) is -3.21. The second kappa shape index (κ2) is 11.4. The fourth-order valence-corrected chi connectivity index (χ4v) is 3.92. The molecule has 1 aromatic heterocycles. The summed E-state index contributed by atoms with van der Waals surface area (Å²) in [6.45, 7) is 6.02. The number of hydrogen-bond donors (Lipinski definition) is 3. The fraction of sp³-hybridized carbons (Fsp3) is 0.346. The molecule has 3 N–H and O–H groups in total. The van der Waals surface area contributed by atoms with Gasteiger partial charge >= 0.3 is 11.9 Å². The van der Waals surface area contributed by atoms with Gasteiger partial charge in [0.1, 0.15) is 0 Å². The van der Waals surface area contributed by atoms with Gasteiger partial charge in [-0.3, -0.25) is 9.59 Å². The van der Waals surface area contributed by atoms with Crippen LogP contribution in [0.4, 0.5) is 0 Å². The number of carbonyl (C=O) groups is 3. The van der Waals surface area contributed by atoms with Crippen LogP contribution in [-0.2, 0) is 9.53 Å². The quantitative estimate of drug-likeness (QED) is 0.362. The summed E-state index contributed by atoms with van der Waals surface area (Å²) in [6.07, 6.45) is 3.99. The van der Waals surface area contributed by atoms with Gasteiger partial charge in [-0.25, -0.2) is 4.79 Å². The number of ketones is 1. The van der Waals surface area contributed by atoms with Gasteiger partial charge in [-0.2, -0.15) is 0 Å². The maximum atomic E-state index is 12.8. The van der Waals surface area contributed by atoms with Crippen molar-refractivity contribution in [1.82, 2.24) is 10.3 Å². The summed E-state index contributed by atoms with van der Waals surface area (Å²) in [5, 5.41) is 14.9. The average molecular weight is 451 g/mol. The van der Waals surface area contributed by atoms with Gasteiger partial charge in [0.05, 0.1) is 18.1 Å². The van der Waals surface area contributed by atoms with Crippen LogP contribution in [0, 0.1) is 6.92 Å². The van der Waals surface area contributed by atoms with Crippen LogP contribution in [0.2, 0.25) is 0 Å². The zero-order chi connectivity index (χ0) is 23.8. The third kappa shape index (κ3) is 6.08. The zero-order valence-corrected chi connectivity index (χ0v) is 19.0. The Hall–Kier alpha value is -3.45. The van der Waals surface area contributed by atoms with Gasteiger partial charge in [0.2, 0.25) is 0 Å². The van der Waals surface area contributed by atoms with Gasteiger partial charge in [-0.05, 0) is 62.2 Å². The molecular weight excluding hydrogens is 420 g/mol. The lowest BCUT2D eigenvalue weighted by atomic mass is 9.90. The van der Waals surface area contributed by atoms with Gasteiger partial charge in [-0.15, -0.1) is 0 Å². The van der Waals surface area contributed by atoms with Crippen molar-refractivity contribution in [3.8, 4) is 0 Å². The molecule has 1 unspecified atom stereocenters. The number of hydrogen-bond acceptors (Lipinski definition) is 5. The highest BCUT2D eigenvalue weighted by atomic mass is 16.5. The van der Waals surface area contributed by atoms with Crippen LogP contribution in [-0.4, -0.2) is 47.5 Å². The predicted molar refractivity (Wildman–Crippen MR) is 127 cm³/mol. The van der Waals surface area contributed by atoms with Crippen molar-refractivity contribution in [2.45, 2.75) is 39.0 Å². The third-order valence-electron chi connectivity index (χ3n) is 5.68. The molecule has 1 atom stereocenters. The number of nitrogens with one attached hydrogen (secondary N) is 2. The number of aromatic amines is 1. The van der Waals surface area contributed by atoms with Crippen molar-refractivity contribution in [3.05, 3.63) is 71.0 Å². The molecule has 2 aromatic carbocycles. The first-order valence-corrected chi connectivity index (χ1v) is 11.2. The first-order valence-electron chi connectivity index (χ1n) is 11.2. The number of Topliss-reactive ketones (excluding diaryl/α,β-unsaturated/α-hetero) is 1. The normalized spacial score (nSPS) is 13.8. The van der Waals surface area contributed by atoms with Crippen LogP contribution in [0.1, 0.15) is 64.1 Å². The van der Waals surface area contributed by atoms with Gasteiger partial charge < -0.3 is 20.1 Å². The van der Waals surface area contributed by atoms with Crippen molar-refractivity contribution in [1.29, 1.82) is 0 Å². The molecule has 7 heteroatoms. The number of carbonyl (C=O) groups excluding carboxylic acids is 2. The molecule has 1 saturated heterocycles. The molecule has 174 valence electrons. The number of carboxylic acids is 1. The van der Waals surface area contributed by atoms with Crippen LogP contribution in [0.15, 0.2) is 48.7 Å². The Morgan fingerprint density at radius 1 is 1.06 bits per heavy atom.